The van der Waals surface area contributed by atoms with Crippen molar-refractivity contribution in [3.63, 3.8) is 0 Å². The first-order valence-corrected chi connectivity index (χ1v) is 16.7. The Morgan fingerprint density at radius 1 is 0.458 bits per heavy atom. The minimum atomic E-state index is -0.0777. The summed E-state index contributed by atoms with van der Waals surface area (Å²) in [5.41, 5.74) is 14.3. The Morgan fingerprint density at radius 3 is 2.02 bits per heavy atom. The fraction of sp³-hybridized carbons (Fsp3) is 0.0667. The van der Waals surface area contributed by atoms with Gasteiger partial charge in [0.25, 0.3) is 0 Å². The summed E-state index contributed by atoms with van der Waals surface area (Å²) in [4.78, 5) is 0. The highest BCUT2D eigenvalue weighted by Crippen LogP contribution is 2.50. The molecule has 0 unspecified atom stereocenters. The number of nitrogens with zero attached hydrogens (tertiary/aromatic N) is 2. The first-order valence-electron chi connectivity index (χ1n) is 16.7. The molecule has 0 aliphatic heterocycles. The van der Waals surface area contributed by atoms with Crippen LogP contribution in [-0.4, -0.2) is 9.13 Å². The van der Waals surface area contributed by atoms with Crippen LogP contribution in [0.25, 0.3) is 88.1 Å². The fourth-order valence-corrected chi connectivity index (χ4v) is 8.78. The monoisotopic (exact) mass is 614 g/mol. The zero-order chi connectivity index (χ0) is 31.7. The molecule has 0 N–H and O–H groups in total. The second kappa shape index (κ2) is 9.05. The van der Waals surface area contributed by atoms with Gasteiger partial charge in [-0.1, -0.05) is 98.8 Å². The lowest BCUT2D eigenvalue weighted by Gasteiger charge is -2.22. The highest BCUT2D eigenvalue weighted by Gasteiger charge is 2.35. The first-order chi connectivity index (χ1) is 23.6. The molecular weight excluding hydrogens is 585 g/mol. The minimum Gasteiger partial charge on any atom is -0.455 e. The van der Waals surface area contributed by atoms with Crippen molar-refractivity contribution in [3.8, 4) is 22.5 Å². The van der Waals surface area contributed by atoms with Crippen LogP contribution >= 0.6 is 0 Å². The average molecular weight is 615 g/mol. The second-order valence-electron chi connectivity index (χ2n) is 13.7. The summed E-state index contributed by atoms with van der Waals surface area (Å²) in [6.07, 6.45) is 0. The van der Waals surface area contributed by atoms with Crippen molar-refractivity contribution in [3.05, 3.63) is 157 Å². The maximum Gasteiger partial charge on any atom is 0.145 e. The lowest BCUT2D eigenvalue weighted by Crippen LogP contribution is -2.15. The first kappa shape index (κ1) is 26.1. The molecule has 0 saturated carbocycles. The van der Waals surface area contributed by atoms with E-state index >= 15 is 0 Å². The quantitative estimate of drug-likeness (QED) is 0.190. The third-order valence-corrected chi connectivity index (χ3v) is 10.9. The van der Waals surface area contributed by atoms with Gasteiger partial charge < -0.3 is 13.6 Å². The van der Waals surface area contributed by atoms with Crippen molar-refractivity contribution in [1.82, 2.24) is 9.13 Å². The summed E-state index contributed by atoms with van der Waals surface area (Å²) in [5.74, 6) is 0. The fourth-order valence-electron chi connectivity index (χ4n) is 8.78. The van der Waals surface area contributed by atoms with Crippen LogP contribution in [0.4, 0.5) is 0 Å². The summed E-state index contributed by atoms with van der Waals surface area (Å²) in [6.45, 7) is 4.71. The van der Waals surface area contributed by atoms with E-state index in [1.807, 2.05) is 6.07 Å². The van der Waals surface area contributed by atoms with Crippen molar-refractivity contribution in [2.75, 3.05) is 0 Å². The van der Waals surface area contributed by atoms with E-state index in [-0.39, 0.29) is 5.41 Å². The number of fused-ring (bicyclic) bond motifs is 14. The van der Waals surface area contributed by atoms with E-state index in [4.69, 9.17) is 4.42 Å². The molecule has 3 heteroatoms. The molecule has 0 amide bonds. The highest BCUT2D eigenvalue weighted by molar-refractivity contribution is 6.31. The van der Waals surface area contributed by atoms with Crippen LogP contribution in [0, 0.1) is 0 Å². The van der Waals surface area contributed by atoms with Gasteiger partial charge in [0.15, 0.2) is 0 Å². The summed E-state index contributed by atoms with van der Waals surface area (Å²) < 4.78 is 11.6. The molecule has 1 aliphatic carbocycles. The molecule has 0 radical (unpaired) electrons. The van der Waals surface area contributed by atoms with Crippen LogP contribution in [0.15, 0.2) is 150 Å². The van der Waals surface area contributed by atoms with E-state index in [2.05, 4.69) is 163 Å². The minimum absolute atomic E-state index is 0.0777. The maximum atomic E-state index is 6.67. The standard InChI is InChI=1S/C45H30N2O/c1-45(2)35-17-9-6-14-29(35)30-21-20-28(26-36(30)45)46-37-18-10-7-16-33(37)41-38(46)25-23-34-42-39(47(43(34)41)27-12-4-3-5-13-27)24-22-32-31-15-8-11-19-40(31)48-44(32)42/h3-26H,1-2H3. The van der Waals surface area contributed by atoms with E-state index in [0.717, 1.165) is 38.5 Å². The van der Waals surface area contributed by atoms with Crippen LogP contribution in [0.2, 0.25) is 0 Å². The predicted molar refractivity (Wildman–Crippen MR) is 200 cm³/mol. The third-order valence-electron chi connectivity index (χ3n) is 10.9. The van der Waals surface area contributed by atoms with Gasteiger partial charge in [-0.05, 0) is 82.9 Å². The average Bonchev–Trinajstić information content (AvgIpc) is 3.84. The van der Waals surface area contributed by atoms with Gasteiger partial charge >= 0.3 is 0 Å². The Labute approximate surface area is 276 Å². The van der Waals surface area contributed by atoms with Crippen molar-refractivity contribution in [2.24, 2.45) is 0 Å². The van der Waals surface area contributed by atoms with E-state index in [0.29, 0.717) is 0 Å². The van der Waals surface area contributed by atoms with Crippen molar-refractivity contribution in [2.45, 2.75) is 19.3 Å². The van der Waals surface area contributed by atoms with E-state index in [1.54, 1.807) is 0 Å². The molecule has 0 atom stereocenters. The van der Waals surface area contributed by atoms with Crippen LogP contribution < -0.4 is 0 Å². The highest BCUT2D eigenvalue weighted by atomic mass is 16.3. The molecule has 11 rings (SSSR count). The molecule has 3 nitrogen and oxygen atoms in total. The topological polar surface area (TPSA) is 23.0 Å². The number of hydrogen-bond acceptors (Lipinski definition) is 1. The second-order valence-corrected chi connectivity index (χ2v) is 13.7. The predicted octanol–water partition coefficient (Wildman–Crippen LogP) is 12.1. The molecule has 10 aromatic rings. The van der Waals surface area contributed by atoms with E-state index in [9.17, 15) is 0 Å². The van der Waals surface area contributed by atoms with E-state index < -0.39 is 0 Å². The molecule has 0 spiro atoms. The Bertz CT molecular complexity index is 2970. The van der Waals surface area contributed by atoms with Gasteiger partial charge in [0, 0.05) is 43.7 Å². The Morgan fingerprint density at radius 2 is 1.15 bits per heavy atom. The lowest BCUT2D eigenvalue weighted by atomic mass is 9.82. The maximum absolute atomic E-state index is 6.67. The number of benzene rings is 7. The van der Waals surface area contributed by atoms with Gasteiger partial charge in [0.2, 0.25) is 0 Å². The molecule has 48 heavy (non-hydrogen) atoms. The van der Waals surface area contributed by atoms with Crippen molar-refractivity contribution < 1.29 is 4.42 Å². The Hall–Kier alpha value is -6.06. The number of aromatic nitrogens is 2. The van der Waals surface area contributed by atoms with Crippen LogP contribution in [0.5, 0.6) is 0 Å². The van der Waals surface area contributed by atoms with Gasteiger partial charge in [0.05, 0.1) is 27.5 Å². The SMILES string of the molecule is CC1(C)c2ccccc2-c2ccc(-n3c4ccccc4c4c3ccc3c5c6oc7ccccc7c6ccc5n(-c5ccccc5)c34)cc21. The number of rotatable bonds is 2. The van der Waals surface area contributed by atoms with Gasteiger partial charge in [-0.2, -0.15) is 0 Å². The zero-order valence-electron chi connectivity index (χ0n) is 26.7. The summed E-state index contributed by atoms with van der Waals surface area (Å²) in [5, 5.41) is 7.12. The molecule has 226 valence electrons. The van der Waals surface area contributed by atoms with Crippen LogP contribution in [0.1, 0.15) is 25.0 Å². The Balaban J connectivity index is 1.29. The van der Waals surface area contributed by atoms with Crippen molar-refractivity contribution >= 4 is 65.6 Å². The largest absolute Gasteiger partial charge is 0.455 e. The smallest absolute Gasteiger partial charge is 0.145 e. The van der Waals surface area contributed by atoms with Gasteiger partial charge in [-0.25, -0.2) is 0 Å². The molecule has 0 fully saturated rings. The number of furan rings is 1. The van der Waals surface area contributed by atoms with Crippen LogP contribution in [-0.2, 0) is 5.41 Å². The molecule has 7 aromatic carbocycles. The zero-order valence-corrected chi connectivity index (χ0v) is 26.7. The van der Waals surface area contributed by atoms with Gasteiger partial charge in [-0.15, -0.1) is 0 Å². The van der Waals surface area contributed by atoms with Gasteiger partial charge in [0.1, 0.15) is 11.2 Å². The molecular formula is C45H30N2O. The Kier molecular flexibility index (Phi) is 4.91. The normalized spacial score (nSPS) is 13.8. The number of hydrogen-bond donors (Lipinski definition) is 0. The molecule has 0 bridgehead atoms. The summed E-state index contributed by atoms with van der Waals surface area (Å²) in [6, 6.07) is 53.1. The summed E-state index contributed by atoms with van der Waals surface area (Å²) in [7, 11) is 0. The number of para-hydroxylation sites is 3. The van der Waals surface area contributed by atoms with Gasteiger partial charge in [-0.3, -0.25) is 0 Å². The molecule has 3 heterocycles. The molecule has 3 aromatic heterocycles. The lowest BCUT2D eigenvalue weighted by molar-refractivity contribution is 0.660. The third kappa shape index (κ3) is 3.18. The molecule has 1 aliphatic rings. The van der Waals surface area contributed by atoms with Crippen LogP contribution in [0.3, 0.4) is 0 Å². The van der Waals surface area contributed by atoms with E-state index in [1.165, 1.54) is 60.6 Å². The van der Waals surface area contributed by atoms with Crippen molar-refractivity contribution in [1.29, 1.82) is 0 Å². The summed E-state index contributed by atoms with van der Waals surface area (Å²) >= 11 is 0. The molecule has 0 saturated heterocycles.